The van der Waals surface area contributed by atoms with Crippen molar-refractivity contribution in [3.8, 4) is 11.3 Å². The molecule has 0 spiro atoms. The van der Waals surface area contributed by atoms with Gasteiger partial charge in [0.05, 0.1) is 0 Å². The molecule has 0 unspecified atom stereocenters. The predicted molar refractivity (Wildman–Crippen MR) is 72.7 cm³/mol. The molecule has 0 bridgehead atoms. The van der Waals surface area contributed by atoms with E-state index in [0.29, 0.717) is 5.76 Å². The molecular weight excluding hydrogens is 224 g/mol. The second-order valence-electron chi connectivity index (χ2n) is 4.38. The van der Waals surface area contributed by atoms with Gasteiger partial charge in [-0.2, -0.15) is 0 Å². The third kappa shape index (κ3) is 1.93. The van der Waals surface area contributed by atoms with E-state index in [1.54, 1.807) is 0 Å². The Morgan fingerprint density at radius 2 is 1.67 bits per heavy atom. The van der Waals surface area contributed by atoms with E-state index < -0.39 is 0 Å². The van der Waals surface area contributed by atoms with E-state index in [0.717, 1.165) is 16.5 Å². The molecule has 0 radical (unpaired) electrons. The Bertz CT molecular complexity index is 769. The van der Waals surface area contributed by atoms with Crippen molar-refractivity contribution in [1.29, 1.82) is 0 Å². The Morgan fingerprint density at radius 3 is 2.44 bits per heavy atom. The highest BCUT2D eigenvalue weighted by atomic mass is 16.4. The maximum Gasteiger partial charge on any atom is 0.336 e. The molecule has 0 aliphatic heterocycles. The summed E-state index contributed by atoms with van der Waals surface area (Å²) in [5.74, 6) is 0.616. The first-order valence-corrected chi connectivity index (χ1v) is 5.83. The van der Waals surface area contributed by atoms with Gasteiger partial charge in [0.1, 0.15) is 5.76 Å². The van der Waals surface area contributed by atoms with Crippen LogP contribution in [-0.4, -0.2) is 0 Å². The Balaban J connectivity index is 2.22. The summed E-state index contributed by atoms with van der Waals surface area (Å²) in [6, 6.07) is 17.5. The van der Waals surface area contributed by atoms with Gasteiger partial charge in [-0.3, -0.25) is 0 Å². The van der Waals surface area contributed by atoms with E-state index in [-0.39, 0.29) is 5.63 Å². The van der Waals surface area contributed by atoms with Gasteiger partial charge in [-0.05, 0) is 35.4 Å². The molecule has 3 aromatic rings. The fourth-order valence-corrected chi connectivity index (χ4v) is 2.09. The first kappa shape index (κ1) is 10.8. The van der Waals surface area contributed by atoms with Crippen molar-refractivity contribution in [3.63, 3.8) is 0 Å². The van der Waals surface area contributed by atoms with E-state index >= 15 is 0 Å². The number of hydrogen-bond donors (Lipinski definition) is 0. The van der Waals surface area contributed by atoms with Crippen LogP contribution in [0, 0.1) is 6.92 Å². The zero-order chi connectivity index (χ0) is 12.5. The number of fused-ring (bicyclic) bond motifs is 1. The maximum atomic E-state index is 11.4. The SMILES string of the molecule is Cc1cc(-c2ccc3ccccc3c2)oc(=O)c1. The van der Waals surface area contributed by atoms with Crippen molar-refractivity contribution >= 4 is 10.8 Å². The lowest BCUT2D eigenvalue weighted by Crippen LogP contribution is -1.98. The molecule has 0 fully saturated rings. The molecule has 88 valence electrons. The molecule has 0 aliphatic rings. The highest BCUT2D eigenvalue weighted by Gasteiger charge is 2.03. The molecule has 0 atom stereocenters. The fourth-order valence-electron chi connectivity index (χ4n) is 2.09. The molecule has 18 heavy (non-hydrogen) atoms. The summed E-state index contributed by atoms with van der Waals surface area (Å²) in [5, 5.41) is 2.32. The largest absolute Gasteiger partial charge is 0.423 e. The number of benzene rings is 2. The van der Waals surface area contributed by atoms with Crippen molar-refractivity contribution < 1.29 is 4.42 Å². The zero-order valence-electron chi connectivity index (χ0n) is 10.0. The molecule has 2 aromatic carbocycles. The summed E-state index contributed by atoms with van der Waals surface area (Å²) in [6.45, 7) is 1.89. The van der Waals surface area contributed by atoms with Gasteiger partial charge in [0.25, 0.3) is 0 Å². The molecular formula is C16H12O2. The van der Waals surface area contributed by atoms with Crippen LogP contribution in [0.5, 0.6) is 0 Å². The van der Waals surface area contributed by atoms with Gasteiger partial charge in [-0.25, -0.2) is 4.79 Å². The van der Waals surface area contributed by atoms with Crippen molar-refractivity contribution in [2.75, 3.05) is 0 Å². The summed E-state index contributed by atoms with van der Waals surface area (Å²) in [6.07, 6.45) is 0. The first-order valence-electron chi connectivity index (χ1n) is 5.83. The summed E-state index contributed by atoms with van der Waals surface area (Å²) in [5.41, 5.74) is 1.53. The van der Waals surface area contributed by atoms with Crippen LogP contribution >= 0.6 is 0 Å². The normalized spacial score (nSPS) is 10.7. The van der Waals surface area contributed by atoms with Gasteiger partial charge >= 0.3 is 5.63 Å². The topological polar surface area (TPSA) is 30.2 Å². The highest BCUT2D eigenvalue weighted by Crippen LogP contribution is 2.24. The maximum absolute atomic E-state index is 11.4. The average molecular weight is 236 g/mol. The summed E-state index contributed by atoms with van der Waals surface area (Å²) < 4.78 is 5.24. The van der Waals surface area contributed by atoms with Crippen LogP contribution in [0.4, 0.5) is 0 Å². The lowest BCUT2D eigenvalue weighted by Gasteiger charge is -2.03. The highest BCUT2D eigenvalue weighted by molar-refractivity contribution is 5.86. The van der Waals surface area contributed by atoms with Crippen molar-refractivity contribution in [2.45, 2.75) is 6.92 Å². The lowest BCUT2D eigenvalue weighted by molar-refractivity contribution is 0.524. The molecule has 0 amide bonds. The van der Waals surface area contributed by atoms with Crippen molar-refractivity contribution in [3.05, 3.63) is 70.6 Å². The molecule has 1 heterocycles. The van der Waals surface area contributed by atoms with Gasteiger partial charge in [-0.15, -0.1) is 0 Å². The van der Waals surface area contributed by atoms with Crippen molar-refractivity contribution in [2.24, 2.45) is 0 Å². The third-order valence-electron chi connectivity index (χ3n) is 2.95. The molecule has 0 aliphatic carbocycles. The van der Waals surface area contributed by atoms with Gasteiger partial charge in [0, 0.05) is 11.6 Å². The second-order valence-corrected chi connectivity index (χ2v) is 4.38. The summed E-state index contributed by atoms with van der Waals surface area (Å²) in [7, 11) is 0. The van der Waals surface area contributed by atoms with Crippen LogP contribution in [0.25, 0.3) is 22.1 Å². The van der Waals surface area contributed by atoms with Gasteiger partial charge in [-0.1, -0.05) is 36.4 Å². The molecule has 2 nitrogen and oxygen atoms in total. The molecule has 0 N–H and O–H groups in total. The van der Waals surface area contributed by atoms with E-state index in [9.17, 15) is 4.79 Å². The Kier molecular flexibility index (Phi) is 2.49. The van der Waals surface area contributed by atoms with Crippen molar-refractivity contribution in [1.82, 2.24) is 0 Å². The molecule has 1 aromatic heterocycles. The predicted octanol–water partition coefficient (Wildman–Crippen LogP) is 3.77. The fraction of sp³-hybridized carbons (Fsp3) is 0.0625. The quantitative estimate of drug-likeness (QED) is 0.643. The van der Waals surface area contributed by atoms with Crippen LogP contribution in [0.15, 0.2) is 63.8 Å². The zero-order valence-corrected chi connectivity index (χ0v) is 10.0. The summed E-state index contributed by atoms with van der Waals surface area (Å²) in [4.78, 5) is 11.4. The third-order valence-corrected chi connectivity index (χ3v) is 2.95. The molecule has 0 saturated heterocycles. The van der Waals surface area contributed by atoms with E-state index in [1.165, 1.54) is 11.5 Å². The number of rotatable bonds is 1. The van der Waals surface area contributed by atoms with Crippen LogP contribution in [0.1, 0.15) is 5.56 Å². The minimum Gasteiger partial charge on any atom is -0.423 e. The van der Waals surface area contributed by atoms with Gasteiger partial charge < -0.3 is 4.42 Å². The minimum atomic E-state index is -0.307. The van der Waals surface area contributed by atoms with Crippen LogP contribution in [0.2, 0.25) is 0 Å². The second kappa shape index (κ2) is 4.15. The van der Waals surface area contributed by atoms with Crippen LogP contribution in [0.3, 0.4) is 0 Å². The van der Waals surface area contributed by atoms with Crippen LogP contribution < -0.4 is 5.63 Å². The molecule has 3 rings (SSSR count). The Labute approximate surface area is 105 Å². The number of aryl methyl sites for hydroxylation is 1. The molecule has 0 saturated carbocycles. The summed E-state index contributed by atoms with van der Waals surface area (Å²) >= 11 is 0. The van der Waals surface area contributed by atoms with E-state index in [1.807, 2.05) is 49.4 Å². The Hall–Kier alpha value is -2.35. The van der Waals surface area contributed by atoms with E-state index in [2.05, 4.69) is 6.07 Å². The van der Waals surface area contributed by atoms with Gasteiger partial charge in [0.15, 0.2) is 0 Å². The minimum absolute atomic E-state index is 0.307. The number of hydrogen-bond acceptors (Lipinski definition) is 2. The lowest BCUT2D eigenvalue weighted by atomic mass is 10.0. The van der Waals surface area contributed by atoms with E-state index in [4.69, 9.17) is 4.42 Å². The smallest absolute Gasteiger partial charge is 0.336 e. The van der Waals surface area contributed by atoms with Crippen LogP contribution in [-0.2, 0) is 0 Å². The molecule has 2 heteroatoms. The Morgan fingerprint density at radius 1 is 0.889 bits per heavy atom. The first-order chi connectivity index (χ1) is 8.72. The van der Waals surface area contributed by atoms with Gasteiger partial charge in [0.2, 0.25) is 0 Å². The average Bonchev–Trinajstić information content (AvgIpc) is 2.37. The monoisotopic (exact) mass is 236 g/mol. The standard InChI is InChI=1S/C16H12O2/c1-11-8-15(18-16(17)9-11)14-7-6-12-4-2-3-5-13(12)10-14/h2-10H,1H3.